The average Bonchev–Trinajstić information content (AvgIpc) is 2.99. The zero-order valence-electron chi connectivity index (χ0n) is 12.9. The van der Waals surface area contributed by atoms with E-state index in [9.17, 15) is 4.79 Å². The fourth-order valence-electron chi connectivity index (χ4n) is 4.27. The summed E-state index contributed by atoms with van der Waals surface area (Å²) >= 11 is 0. The quantitative estimate of drug-likeness (QED) is 0.926. The summed E-state index contributed by atoms with van der Waals surface area (Å²) in [5, 5.41) is 7.29. The van der Waals surface area contributed by atoms with Gasteiger partial charge in [0.1, 0.15) is 12.7 Å². The Morgan fingerprint density at radius 2 is 2.10 bits per heavy atom. The number of aromatic nitrogens is 3. The van der Waals surface area contributed by atoms with Crippen LogP contribution < -0.4 is 5.32 Å². The van der Waals surface area contributed by atoms with Crippen LogP contribution in [0.4, 0.5) is 0 Å². The van der Waals surface area contributed by atoms with Crippen molar-refractivity contribution in [2.75, 3.05) is 0 Å². The van der Waals surface area contributed by atoms with Gasteiger partial charge in [-0.05, 0) is 31.6 Å². The SMILES string of the molecule is CC(Cn1cncn1)NC(=O)C1CCCC2CCCCC21. The first kappa shape index (κ1) is 14.5. The van der Waals surface area contributed by atoms with Crippen LogP contribution in [-0.2, 0) is 11.3 Å². The lowest BCUT2D eigenvalue weighted by Gasteiger charge is -2.40. The third-order valence-corrected chi connectivity index (χ3v) is 5.23. The summed E-state index contributed by atoms with van der Waals surface area (Å²) in [5.41, 5.74) is 0. The molecule has 2 aliphatic carbocycles. The zero-order chi connectivity index (χ0) is 14.7. The summed E-state index contributed by atoms with van der Waals surface area (Å²) in [6, 6.07) is 0.100. The van der Waals surface area contributed by atoms with Crippen molar-refractivity contribution in [3.8, 4) is 0 Å². The molecule has 1 aromatic heterocycles. The highest BCUT2D eigenvalue weighted by Gasteiger charge is 2.38. The molecule has 1 aromatic rings. The summed E-state index contributed by atoms with van der Waals surface area (Å²) < 4.78 is 1.77. The molecule has 116 valence electrons. The van der Waals surface area contributed by atoms with Crippen molar-refractivity contribution < 1.29 is 4.79 Å². The molecule has 0 radical (unpaired) electrons. The maximum Gasteiger partial charge on any atom is 0.223 e. The van der Waals surface area contributed by atoms with Crippen LogP contribution in [0.2, 0.25) is 0 Å². The maximum absolute atomic E-state index is 12.6. The predicted molar refractivity (Wildman–Crippen MR) is 80.4 cm³/mol. The molecule has 2 fully saturated rings. The monoisotopic (exact) mass is 290 g/mol. The Labute approximate surface area is 126 Å². The Bertz CT molecular complexity index is 457. The molecule has 5 nitrogen and oxygen atoms in total. The predicted octanol–water partition coefficient (Wildman–Crippen LogP) is 2.39. The minimum absolute atomic E-state index is 0.100. The number of nitrogens with zero attached hydrogens (tertiary/aromatic N) is 3. The van der Waals surface area contributed by atoms with E-state index in [0.29, 0.717) is 12.5 Å². The first-order valence-corrected chi connectivity index (χ1v) is 8.37. The molecule has 5 heteroatoms. The van der Waals surface area contributed by atoms with Gasteiger partial charge in [-0.25, -0.2) is 4.98 Å². The molecule has 0 spiro atoms. The Balaban J connectivity index is 1.56. The van der Waals surface area contributed by atoms with E-state index in [1.807, 2.05) is 6.92 Å². The summed E-state index contributed by atoms with van der Waals surface area (Å²) in [6.07, 6.45) is 12.1. The molecule has 0 aromatic carbocycles. The Kier molecular flexibility index (Phi) is 4.56. The van der Waals surface area contributed by atoms with Gasteiger partial charge in [0.05, 0.1) is 6.54 Å². The number of nitrogens with one attached hydrogen (secondary N) is 1. The fraction of sp³-hybridized carbons (Fsp3) is 0.812. The van der Waals surface area contributed by atoms with Crippen molar-refractivity contribution in [3.05, 3.63) is 12.7 Å². The molecule has 0 saturated heterocycles. The second-order valence-corrected chi connectivity index (χ2v) is 6.77. The summed E-state index contributed by atoms with van der Waals surface area (Å²) in [5.74, 6) is 1.93. The third kappa shape index (κ3) is 3.44. The molecule has 3 rings (SSSR count). The Morgan fingerprint density at radius 1 is 1.29 bits per heavy atom. The molecule has 0 aliphatic heterocycles. The molecule has 1 amide bonds. The van der Waals surface area contributed by atoms with Crippen molar-refractivity contribution in [3.63, 3.8) is 0 Å². The van der Waals surface area contributed by atoms with Crippen LogP contribution in [0, 0.1) is 17.8 Å². The van der Waals surface area contributed by atoms with Crippen LogP contribution in [0.5, 0.6) is 0 Å². The van der Waals surface area contributed by atoms with Crippen LogP contribution in [0.1, 0.15) is 51.9 Å². The van der Waals surface area contributed by atoms with Gasteiger partial charge < -0.3 is 5.32 Å². The van der Waals surface area contributed by atoms with Crippen molar-refractivity contribution in [2.24, 2.45) is 17.8 Å². The smallest absolute Gasteiger partial charge is 0.223 e. The van der Waals surface area contributed by atoms with Gasteiger partial charge in [-0.15, -0.1) is 0 Å². The summed E-state index contributed by atoms with van der Waals surface area (Å²) in [6.45, 7) is 2.73. The minimum Gasteiger partial charge on any atom is -0.352 e. The van der Waals surface area contributed by atoms with Crippen LogP contribution >= 0.6 is 0 Å². The second-order valence-electron chi connectivity index (χ2n) is 6.77. The lowest BCUT2D eigenvalue weighted by molar-refractivity contribution is -0.130. The number of carbonyl (C=O) groups excluding carboxylic acids is 1. The zero-order valence-corrected chi connectivity index (χ0v) is 12.9. The van der Waals surface area contributed by atoms with Gasteiger partial charge in [0.25, 0.3) is 0 Å². The first-order chi connectivity index (χ1) is 10.2. The van der Waals surface area contributed by atoms with E-state index in [0.717, 1.165) is 12.3 Å². The maximum atomic E-state index is 12.6. The van der Waals surface area contributed by atoms with Crippen LogP contribution in [0.3, 0.4) is 0 Å². The van der Waals surface area contributed by atoms with Crippen LogP contribution in [0.15, 0.2) is 12.7 Å². The van der Waals surface area contributed by atoms with E-state index >= 15 is 0 Å². The second kappa shape index (κ2) is 6.58. The lowest BCUT2D eigenvalue weighted by atomic mass is 9.65. The highest BCUT2D eigenvalue weighted by Crippen LogP contribution is 2.43. The Hall–Kier alpha value is -1.39. The highest BCUT2D eigenvalue weighted by atomic mass is 16.2. The molecule has 0 bridgehead atoms. The van der Waals surface area contributed by atoms with Gasteiger partial charge in [-0.3, -0.25) is 9.48 Å². The van der Waals surface area contributed by atoms with Crippen molar-refractivity contribution in [1.29, 1.82) is 0 Å². The van der Waals surface area contributed by atoms with E-state index in [4.69, 9.17) is 0 Å². The Morgan fingerprint density at radius 3 is 2.90 bits per heavy atom. The summed E-state index contributed by atoms with van der Waals surface area (Å²) in [4.78, 5) is 16.6. The van der Waals surface area contributed by atoms with Crippen LogP contribution in [-0.4, -0.2) is 26.7 Å². The molecule has 4 unspecified atom stereocenters. The van der Waals surface area contributed by atoms with Crippen molar-refractivity contribution in [2.45, 2.75) is 64.5 Å². The van der Waals surface area contributed by atoms with Crippen molar-refractivity contribution in [1.82, 2.24) is 20.1 Å². The van der Waals surface area contributed by atoms with Crippen LogP contribution in [0.25, 0.3) is 0 Å². The average molecular weight is 290 g/mol. The van der Waals surface area contributed by atoms with E-state index < -0.39 is 0 Å². The summed E-state index contributed by atoms with van der Waals surface area (Å²) in [7, 11) is 0. The van der Waals surface area contributed by atoms with E-state index in [1.165, 1.54) is 44.9 Å². The molecule has 21 heavy (non-hydrogen) atoms. The van der Waals surface area contributed by atoms with Crippen molar-refractivity contribution >= 4 is 5.91 Å². The van der Waals surface area contributed by atoms with E-state index in [2.05, 4.69) is 15.4 Å². The van der Waals surface area contributed by atoms with Gasteiger partial charge in [0.2, 0.25) is 5.91 Å². The van der Waals surface area contributed by atoms with Gasteiger partial charge in [0, 0.05) is 12.0 Å². The standard InChI is InChI=1S/C16H26N4O/c1-12(9-20-11-17-10-18-20)19-16(21)15-8-4-6-13-5-2-3-7-14(13)15/h10-15H,2-9H2,1H3,(H,19,21). The van der Waals surface area contributed by atoms with E-state index in [1.54, 1.807) is 11.0 Å². The molecular formula is C16H26N4O. The molecule has 1 N–H and O–H groups in total. The highest BCUT2D eigenvalue weighted by molar-refractivity contribution is 5.79. The van der Waals surface area contributed by atoms with Gasteiger partial charge in [-0.2, -0.15) is 5.10 Å². The van der Waals surface area contributed by atoms with E-state index in [-0.39, 0.29) is 17.9 Å². The fourth-order valence-corrected chi connectivity index (χ4v) is 4.27. The molecule has 4 atom stereocenters. The molecule has 2 aliphatic rings. The number of rotatable bonds is 4. The minimum atomic E-state index is 0.100. The molecular weight excluding hydrogens is 264 g/mol. The van der Waals surface area contributed by atoms with Gasteiger partial charge >= 0.3 is 0 Å². The normalized spacial score (nSPS) is 30.4. The number of hydrogen-bond acceptors (Lipinski definition) is 3. The largest absolute Gasteiger partial charge is 0.352 e. The molecule has 1 heterocycles. The number of hydrogen-bond donors (Lipinski definition) is 1. The number of fused-ring (bicyclic) bond motifs is 1. The topological polar surface area (TPSA) is 59.8 Å². The van der Waals surface area contributed by atoms with Gasteiger partial charge in [-0.1, -0.05) is 32.1 Å². The van der Waals surface area contributed by atoms with Gasteiger partial charge in [0.15, 0.2) is 0 Å². The lowest BCUT2D eigenvalue weighted by Crippen LogP contribution is -2.45. The number of amides is 1. The third-order valence-electron chi connectivity index (χ3n) is 5.23. The first-order valence-electron chi connectivity index (χ1n) is 8.37. The molecule has 2 saturated carbocycles. The number of carbonyl (C=O) groups is 1.